The molecule has 7 nitrogen and oxygen atoms in total. The van der Waals surface area contributed by atoms with Crippen LogP contribution in [0, 0.1) is 6.92 Å². The fourth-order valence-electron chi connectivity index (χ4n) is 2.53. The lowest BCUT2D eigenvalue weighted by Crippen LogP contribution is -2.34. The number of carbonyl (C=O) groups excluding carboxylic acids is 1. The third kappa shape index (κ3) is 2.96. The van der Waals surface area contributed by atoms with Gasteiger partial charge >= 0.3 is 6.03 Å². The van der Waals surface area contributed by atoms with Crippen molar-refractivity contribution in [3.05, 3.63) is 22.5 Å². The van der Waals surface area contributed by atoms with Crippen molar-refractivity contribution in [3.8, 4) is 0 Å². The zero-order valence-electron chi connectivity index (χ0n) is 12.9. The van der Waals surface area contributed by atoms with Gasteiger partial charge in [0.2, 0.25) is 5.13 Å². The van der Waals surface area contributed by atoms with E-state index >= 15 is 0 Å². The number of likely N-dealkylation sites (tertiary alicyclic amines) is 1. The normalized spacial score (nSPS) is 18.2. The van der Waals surface area contributed by atoms with E-state index in [1.807, 2.05) is 13.0 Å². The van der Waals surface area contributed by atoms with Gasteiger partial charge in [-0.3, -0.25) is 5.32 Å². The molecule has 0 aliphatic carbocycles. The van der Waals surface area contributed by atoms with Crippen LogP contribution in [0.15, 0.2) is 10.6 Å². The van der Waals surface area contributed by atoms with E-state index in [0.29, 0.717) is 17.6 Å². The van der Waals surface area contributed by atoms with Gasteiger partial charge < -0.3 is 9.42 Å². The van der Waals surface area contributed by atoms with Crippen molar-refractivity contribution in [2.24, 2.45) is 0 Å². The Bertz CT molecular complexity index is 666. The minimum Gasteiger partial charge on any atom is -0.359 e. The zero-order chi connectivity index (χ0) is 15.7. The lowest BCUT2D eigenvalue weighted by Gasteiger charge is -2.22. The van der Waals surface area contributed by atoms with Gasteiger partial charge in [-0.2, -0.15) is 0 Å². The third-order valence-electron chi connectivity index (χ3n) is 3.64. The summed E-state index contributed by atoms with van der Waals surface area (Å²) in [5.74, 6) is 1.05. The molecule has 1 aliphatic heterocycles. The minimum absolute atomic E-state index is 0.0568. The van der Waals surface area contributed by atoms with E-state index < -0.39 is 0 Å². The highest BCUT2D eigenvalue weighted by Gasteiger charge is 2.33. The van der Waals surface area contributed by atoms with Gasteiger partial charge in [0.05, 0.1) is 11.7 Å². The number of nitrogens with zero attached hydrogens (tertiary/aromatic N) is 4. The van der Waals surface area contributed by atoms with Crippen molar-refractivity contribution in [3.63, 3.8) is 0 Å². The first-order valence-corrected chi connectivity index (χ1v) is 8.20. The molecule has 118 valence electrons. The van der Waals surface area contributed by atoms with Crippen LogP contribution < -0.4 is 5.32 Å². The fraction of sp³-hybridized carbons (Fsp3) is 0.571. The second-order valence-corrected chi connectivity index (χ2v) is 6.76. The van der Waals surface area contributed by atoms with Crippen LogP contribution in [0.1, 0.15) is 55.1 Å². The fourth-order valence-corrected chi connectivity index (χ4v) is 3.26. The molecule has 2 aromatic heterocycles. The number of amides is 2. The van der Waals surface area contributed by atoms with Crippen molar-refractivity contribution in [2.75, 3.05) is 11.9 Å². The predicted molar refractivity (Wildman–Crippen MR) is 82.9 cm³/mol. The Morgan fingerprint density at radius 1 is 1.50 bits per heavy atom. The molecule has 2 amide bonds. The topological polar surface area (TPSA) is 84.2 Å². The maximum atomic E-state index is 12.5. The number of carbonyl (C=O) groups is 1. The molecule has 2 aromatic rings. The number of aromatic nitrogens is 3. The second kappa shape index (κ2) is 6.04. The summed E-state index contributed by atoms with van der Waals surface area (Å²) in [5.41, 5.74) is 0.827. The highest BCUT2D eigenvalue weighted by molar-refractivity contribution is 7.15. The molecule has 0 bridgehead atoms. The van der Waals surface area contributed by atoms with Crippen LogP contribution in [-0.4, -0.2) is 32.8 Å². The van der Waals surface area contributed by atoms with E-state index in [1.165, 1.54) is 11.3 Å². The Morgan fingerprint density at radius 2 is 2.32 bits per heavy atom. The predicted octanol–water partition coefficient (Wildman–Crippen LogP) is 3.33. The second-order valence-electron chi connectivity index (χ2n) is 5.75. The van der Waals surface area contributed by atoms with Crippen molar-refractivity contribution in [1.29, 1.82) is 0 Å². The molecule has 1 unspecified atom stereocenters. The van der Waals surface area contributed by atoms with Crippen LogP contribution in [0.25, 0.3) is 0 Å². The molecule has 0 spiro atoms. The molecule has 3 heterocycles. The summed E-state index contributed by atoms with van der Waals surface area (Å²) >= 11 is 1.41. The summed E-state index contributed by atoms with van der Waals surface area (Å²) in [6.07, 6.45) is 1.83. The van der Waals surface area contributed by atoms with Crippen LogP contribution in [-0.2, 0) is 0 Å². The number of aryl methyl sites for hydroxylation is 1. The van der Waals surface area contributed by atoms with E-state index in [4.69, 9.17) is 4.52 Å². The van der Waals surface area contributed by atoms with Crippen LogP contribution in [0.2, 0.25) is 0 Å². The molecule has 0 saturated carbocycles. The number of nitrogens with one attached hydrogen (secondary N) is 1. The van der Waals surface area contributed by atoms with Gasteiger partial charge in [-0.15, -0.1) is 10.2 Å². The summed E-state index contributed by atoms with van der Waals surface area (Å²) < 4.78 is 5.32. The molecule has 22 heavy (non-hydrogen) atoms. The van der Waals surface area contributed by atoms with Crippen molar-refractivity contribution in [2.45, 2.75) is 45.6 Å². The number of rotatable bonds is 3. The van der Waals surface area contributed by atoms with Crippen LogP contribution in [0.4, 0.5) is 9.93 Å². The summed E-state index contributed by atoms with van der Waals surface area (Å²) in [7, 11) is 0. The molecule has 0 aromatic carbocycles. The zero-order valence-corrected chi connectivity index (χ0v) is 13.7. The van der Waals surface area contributed by atoms with Gasteiger partial charge in [0.1, 0.15) is 5.01 Å². The van der Waals surface area contributed by atoms with E-state index in [1.54, 1.807) is 4.90 Å². The summed E-state index contributed by atoms with van der Waals surface area (Å²) in [4.78, 5) is 14.3. The molecule has 8 heteroatoms. The molecule has 3 rings (SSSR count). The first-order valence-electron chi connectivity index (χ1n) is 7.39. The van der Waals surface area contributed by atoms with Gasteiger partial charge in [-0.25, -0.2) is 4.79 Å². The van der Waals surface area contributed by atoms with Crippen molar-refractivity contribution < 1.29 is 9.32 Å². The van der Waals surface area contributed by atoms with Gasteiger partial charge in [0.25, 0.3) is 0 Å². The molecule has 0 radical (unpaired) electrons. The standard InChI is InChI=1S/C14H19N5O2S/c1-8(2)12-16-17-13(22-12)15-14(20)19-6-4-5-10(19)11-7-9(3)18-21-11/h7-8,10H,4-6H2,1-3H3,(H,15,17,20). The third-order valence-corrected chi connectivity index (χ3v) is 4.78. The minimum atomic E-state index is -0.164. The molecule has 1 aliphatic rings. The number of urea groups is 1. The average molecular weight is 321 g/mol. The van der Waals surface area contributed by atoms with E-state index in [2.05, 4.69) is 34.5 Å². The van der Waals surface area contributed by atoms with Gasteiger partial charge in [0.15, 0.2) is 5.76 Å². The summed E-state index contributed by atoms with van der Waals surface area (Å²) in [6, 6.07) is 1.67. The lowest BCUT2D eigenvalue weighted by atomic mass is 10.1. The van der Waals surface area contributed by atoms with Crippen LogP contribution in [0.5, 0.6) is 0 Å². The van der Waals surface area contributed by atoms with Crippen LogP contribution in [0.3, 0.4) is 0 Å². The molecule has 1 atom stereocenters. The summed E-state index contributed by atoms with van der Waals surface area (Å²) in [6.45, 7) is 6.68. The van der Waals surface area contributed by atoms with Crippen LogP contribution >= 0.6 is 11.3 Å². The highest BCUT2D eigenvalue weighted by Crippen LogP contribution is 2.33. The monoisotopic (exact) mass is 321 g/mol. The first-order chi connectivity index (χ1) is 10.5. The Hall–Kier alpha value is -1.96. The summed E-state index contributed by atoms with van der Waals surface area (Å²) in [5, 5.41) is 16.3. The Labute approximate surface area is 132 Å². The molecule has 1 N–H and O–H groups in total. The van der Waals surface area contributed by atoms with Gasteiger partial charge in [0, 0.05) is 18.5 Å². The largest absolute Gasteiger partial charge is 0.359 e. The van der Waals surface area contributed by atoms with E-state index in [0.717, 1.165) is 29.3 Å². The van der Waals surface area contributed by atoms with E-state index in [9.17, 15) is 4.79 Å². The maximum absolute atomic E-state index is 12.5. The number of hydrogen-bond donors (Lipinski definition) is 1. The molecular weight excluding hydrogens is 302 g/mol. The van der Waals surface area contributed by atoms with E-state index in [-0.39, 0.29) is 12.1 Å². The Balaban J connectivity index is 1.70. The first kappa shape index (κ1) is 15.0. The number of hydrogen-bond acceptors (Lipinski definition) is 6. The molecule has 1 saturated heterocycles. The molecule has 1 fully saturated rings. The molecular formula is C14H19N5O2S. The highest BCUT2D eigenvalue weighted by atomic mass is 32.1. The van der Waals surface area contributed by atoms with Crippen molar-refractivity contribution >= 4 is 22.5 Å². The average Bonchev–Trinajstić information content (AvgIpc) is 3.16. The van der Waals surface area contributed by atoms with Gasteiger partial charge in [-0.05, 0) is 19.8 Å². The maximum Gasteiger partial charge on any atom is 0.324 e. The quantitative estimate of drug-likeness (QED) is 0.937. The van der Waals surface area contributed by atoms with Crippen molar-refractivity contribution in [1.82, 2.24) is 20.3 Å². The number of anilines is 1. The smallest absolute Gasteiger partial charge is 0.324 e. The Morgan fingerprint density at radius 3 is 2.95 bits per heavy atom. The SMILES string of the molecule is Cc1cc(C2CCCN2C(=O)Nc2nnc(C(C)C)s2)on1. The lowest BCUT2D eigenvalue weighted by molar-refractivity contribution is 0.195. The Kier molecular flexibility index (Phi) is 4.10. The van der Waals surface area contributed by atoms with Gasteiger partial charge in [-0.1, -0.05) is 30.3 Å².